The van der Waals surface area contributed by atoms with E-state index in [-0.39, 0.29) is 28.7 Å². The standard InChI is InChI=1S/C23H26FN3O5S/c1-5-33(29,30)20-7-6-15(12-17(20)24)31-18-10-14(22(28)27-21(25)8-9-26-4)11-19-16(18)13-23(2,3)32-19/h6-12,26H,5,13H2,1-4H3,(H2,25,27,28)/b9-8-. The molecule has 1 aliphatic rings. The summed E-state index contributed by atoms with van der Waals surface area (Å²) in [6.07, 6.45) is 3.38. The van der Waals surface area contributed by atoms with E-state index in [2.05, 4.69) is 10.6 Å². The van der Waals surface area contributed by atoms with Gasteiger partial charge in [-0.05, 0) is 50.4 Å². The Morgan fingerprint density at radius 3 is 2.67 bits per heavy atom. The molecule has 0 aliphatic carbocycles. The Morgan fingerprint density at radius 2 is 2.03 bits per heavy atom. The van der Waals surface area contributed by atoms with Gasteiger partial charge >= 0.3 is 0 Å². The number of benzene rings is 2. The SMILES string of the molecule is CCS(=O)(=O)c1ccc(Oc2cc(C(=O)NC(=N)/C=C\NC)cc3c2CC(C)(C)O3)cc1F. The first kappa shape index (κ1) is 24.2. The summed E-state index contributed by atoms with van der Waals surface area (Å²) in [5.41, 5.74) is 0.351. The van der Waals surface area contributed by atoms with Gasteiger partial charge in [0.25, 0.3) is 5.91 Å². The van der Waals surface area contributed by atoms with E-state index in [0.717, 1.165) is 12.1 Å². The maximum Gasteiger partial charge on any atom is 0.257 e. The zero-order valence-electron chi connectivity index (χ0n) is 18.8. The van der Waals surface area contributed by atoms with Crippen LogP contribution in [0.2, 0.25) is 0 Å². The molecule has 1 heterocycles. The number of carbonyl (C=O) groups is 1. The second-order valence-electron chi connectivity index (χ2n) is 8.08. The van der Waals surface area contributed by atoms with Crippen LogP contribution < -0.4 is 20.1 Å². The van der Waals surface area contributed by atoms with E-state index in [4.69, 9.17) is 14.9 Å². The van der Waals surface area contributed by atoms with Gasteiger partial charge in [0.15, 0.2) is 9.84 Å². The average Bonchev–Trinajstić information content (AvgIpc) is 3.06. The lowest BCUT2D eigenvalue weighted by atomic mass is 9.99. The van der Waals surface area contributed by atoms with E-state index in [1.54, 1.807) is 13.1 Å². The Morgan fingerprint density at radius 1 is 1.30 bits per heavy atom. The molecule has 0 fully saturated rings. The Hall–Kier alpha value is -3.40. The number of hydrogen-bond acceptors (Lipinski definition) is 7. The number of amidine groups is 1. The Balaban J connectivity index is 1.96. The molecule has 10 heteroatoms. The lowest BCUT2D eigenvalue weighted by Crippen LogP contribution is -2.28. The first-order valence-corrected chi connectivity index (χ1v) is 11.9. The van der Waals surface area contributed by atoms with Crippen LogP contribution in [0.25, 0.3) is 0 Å². The molecule has 1 amide bonds. The summed E-state index contributed by atoms with van der Waals surface area (Å²) >= 11 is 0. The molecule has 3 rings (SSSR count). The predicted molar refractivity (Wildman–Crippen MR) is 122 cm³/mol. The number of hydrogen-bond donors (Lipinski definition) is 3. The molecule has 0 bridgehead atoms. The van der Waals surface area contributed by atoms with Crippen molar-refractivity contribution in [3.05, 3.63) is 59.6 Å². The summed E-state index contributed by atoms with van der Waals surface area (Å²) in [4.78, 5) is 12.3. The smallest absolute Gasteiger partial charge is 0.257 e. The number of carbonyl (C=O) groups excluding carboxylic acids is 1. The van der Waals surface area contributed by atoms with Crippen LogP contribution in [0.3, 0.4) is 0 Å². The molecule has 1 aliphatic heterocycles. The fraction of sp³-hybridized carbons (Fsp3) is 0.304. The van der Waals surface area contributed by atoms with Gasteiger partial charge in [0.05, 0.1) is 5.75 Å². The van der Waals surface area contributed by atoms with Crippen molar-refractivity contribution < 1.29 is 27.1 Å². The fourth-order valence-corrected chi connectivity index (χ4v) is 4.29. The van der Waals surface area contributed by atoms with Gasteiger partial charge in [-0.2, -0.15) is 0 Å². The first-order valence-electron chi connectivity index (χ1n) is 10.3. The molecule has 0 saturated carbocycles. The summed E-state index contributed by atoms with van der Waals surface area (Å²) in [5, 5.41) is 13.0. The van der Waals surface area contributed by atoms with Crippen molar-refractivity contribution >= 4 is 21.6 Å². The van der Waals surface area contributed by atoms with Crippen molar-refractivity contribution in [3.8, 4) is 17.2 Å². The lowest BCUT2D eigenvalue weighted by molar-refractivity contribution is 0.0975. The average molecular weight is 476 g/mol. The monoisotopic (exact) mass is 475 g/mol. The molecule has 3 N–H and O–H groups in total. The quantitative estimate of drug-likeness (QED) is 0.416. The molecule has 0 aromatic heterocycles. The molecule has 0 spiro atoms. The Kier molecular flexibility index (Phi) is 6.78. The van der Waals surface area contributed by atoms with Crippen molar-refractivity contribution in [2.24, 2.45) is 0 Å². The van der Waals surface area contributed by atoms with Gasteiger partial charge in [-0.15, -0.1) is 0 Å². The summed E-state index contributed by atoms with van der Waals surface area (Å²) in [6.45, 7) is 5.21. The van der Waals surface area contributed by atoms with Crippen molar-refractivity contribution in [1.82, 2.24) is 10.6 Å². The van der Waals surface area contributed by atoms with E-state index < -0.39 is 32.1 Å². The van der Waals surface area contributed by atoms with E-state index in [1.165, 1.54) is 31.3 Å². The van der Waals surface area contributed by atoms with Crippen LogP contribution in [-0.4, -0.2) is 38.6 Å². The highest BCUT2D eigenvalue weighted by atomic mass is 32.2. The van der Waals surface area contributed by atoms with Crippen LogP contribution in [-0.2, 0) is 16.3 Å². The van der Waals surface area contributed by atoms with Crippen LogP contribution in [0.5, 0.6) is 17.2 Å². The molecule has 2 aromatic rings. The van der Waals surface area contributed by atoms with Gasteiger partial charge in [-0.3, -0.25) is 10.2 Å². The van der Waals surface area contributed by atoms with E-state index in [0.29, 0.717) is 17.7 Å². The fourth-order valence-electron chi connectivity index (χ4n) is 3.35. The highest BCUT2D eigenvalue weighted by Crippen LogP contribution is 2.43. The van der Waals surface area contributed by atoms with Crippen molar-refractivity contribution in [3.63, 3.8) is 0 Å². The molecule has 8 nitrogen and oxygen atoms in total. The first-order chi connectivity index (χ1) is 15.5. The van der Waals surface area contributed by atoms with E-state index >= 15 is 0 Å². The van der Waals surface area contributed by atoms with Crippen LogP contribution >= 0.6 is 0 Å². The third-order valence-corrected chi connectivity index (χ3v) is 6.69. The normalized spacial score (nSPS) is 14.5. The molecular formula is C23H26FN3O5S. The van der Waals surface area contributed by atoms with Crippen LogP contribution in [0, 0.1) is 11.2 Å². The number of halogens is 1. The molecule has 0 unspecified atom stereocenters. The number of rotatable bonds is 7. The second kappa shape index (κ2) is 9.22. The Bertz CT molecular complexity index is 1240. The van der Waals surface area contributed by atoms with Gasteiger partial charge in [0, 0.05) is 30.7 Å². The molecule has 176 valence electrons. The minimum absolute atomic E-state index is 0.0803. The van der Waals surface area contributed by atoms with Gasteiger partial charge < -0.3 is 20.1 Å². The Labute approximate surface area is 192 Å². The molecule has 0 radical (unpaired) electrons. The van der Waals surface area contributed by atoms with Gasteiger partial charge in [0.1, 0.15) is 39.4 Å². The highest BCUT2D eigenvalue weighted by Gasteiger charge is 2.34. The maximum atomic E-state index is 14.5. The largest absolute Gasteiger partial charge is 0.487 e. The molecule has 0 atom stereocenters. The molecule has 2 aromatic carbocycles. The van der Waals surface area contributed by atoms with Crippen molar-refractivity contribution in [2.75, 3.05) is 12.8 Å². The minimum atomic E-state index is -3.71. The number of nitrogens with one attached hydrogen (secondary N) is 3. The zero-order chi connectivity index (χ0) is 24.4. The van der Waals surface area contributed by atoms with Crippen LogP contribution in [0.4, 0.5) is 4.39 Å². The topological polar surface area (TPSA) is 118 Å². The van der Waals surface area contributed by atoms with Crippen molar-refractivity contribution in [1.29, 1.82) is 5.41 Å². The van der Waals surface area contributed by atoms with Gasteiger partial charge in [-0.25, -0.2) is 12.8 Å². The van der Waals surface area contributed by atoms with Gasteiger partial charge in [0.2, 0.25) is 0 Å². The number of amides is 1. The number of sulfone groups is 1. The summed E-state index contributed by atoms with van der Waals surface area (Å²) in [6, 6.07) is 6.59. The number of fused-ring (bicyclic) bond motifs is 1. The summed E-state index contributed by atoms with van der Waals surface area (Å²) in [5.74, 6) is -0.986. The van der Waals surface area contributed by atoms with Crippen LogP contribution in [0.1, 0.15) is 36.7 Å². The summed E-state index contributed by atoms with van der Waals surface area (Å²) < 4.78 is 50.4. The summed E-state index contributed by atoms with van der Waals surface area (Å²) in [7, 11) is -2.04. The zero-order valence-corrected chi connectivity index (χ0v) is 19.6. The maximum absolute atomic E-state index is 14.5. The molecular weight excluding hydrogens is 449 g/mol. The van der Waals surface area contributed by atoms with Gasteiger partial charge in [-0.1, -0.05) is 6.92 Å². The lowest BCUT2D eigenvalue weighted by Gasteiger charge is -2.16. The molecule has 0 saturated heterocycles. The highest BCUT2D eigenvalue weighted by molar-refractivity contribution is 7.91. The number of ether oxygens (including phenoxy) is 2. The predicted octanol–water partition coefficient (Wildman–Crippen LogP) is 3.57. The van der Waals surface area contributed by atoms with E-state index in [1.807, 2.05) is 13.8 Å². The van der Waals surface area contributed by atoms with E-state index in [9.17, 15) is 17.6 Å². The minimum Gasteiger partial charge on any atom is -0.487 e. The second-order valence-corrected chi connectivity index (χ2v) is 10.3. The van der Waals surface area contributed by atoms with Crippen LogP contribution in [0.15, 0.2) is 47.5 Å². The molecule has 33 heavy (non-hydrogen) atoms. The third-order valence-electron chi connectivity index (χ3n) is 4.93. The van der Waals surface area contributed by atoms with Crippen molar-refractivity contribution in [2.45, 2.75) is 37.7 Å². The third kappa shape index (κ3) is 5.51.